The standard InChI is InChI=1S/C25H31N3O3/c1-17-9-18(2)11-20(10-17)15-27-7-5-25(6-8-27)23(29)28(24(30)26-25)16-21-12-19(3)13-22(14-21)31-4/h9-14H,5-8,15-16H2,1-4H3,(H,26,30). The van der Waals surface area contributed by atoms with Gasteiger partial charge in [-0.2, -0.15) is 0 Å². The number of urea groups is 1. The Balaban J connectivity index is 1.42. The minimum Gasteiger partial charge on any atom is -0.497 e. The van der Waals surface area contributed by atoms with E-state index < -0.39 is 5.54 Å². The van der Waals surface area contributed by atoms with Crippen LogP contribution in [0.5, 0.6) is 5.75 Å². The van der Waals surface area contributed by atoms with Gasteiger partial charge in [0.1, 0.15) is 11.3 Å². The zero-order valence-electron chi connectivity index (χ0n) is 18.8. The van der Waals surface area contributed by atoms with E-state index in [4.69, 9.17) is 4.74 Å². The number of nitrogens with zero attached hydrogens (tertiary/aromatic N) is 2. The first-order valence-electron chi connectivity index (χ1n) is 10.9. The number of methoxy groups -OCH3 is 1. The summed E-state index contributed by atoms with van der Waals surface area (Å²) in [4.78, 5) is 29.7. The Bertz CT molecular complexity index is 989. The Kier molecular flexibility index (Phi) is 5.75. The molecule has 4 rings (SSSR count). The smallest absolute Gasteiger partial charge is 0.325 e. The first-order valence-corrected chi connectivity index (χ1v) is 10.9. The third kappa shape index (κ3) is 4.44. The molecule has 0 unspecified atom stereocenters. The average molecular weight is 422 g/mol. The van der Waals surface area contributed by atoms with Gasteiger partial charge in [-0.25, -0.2) is 4.79 Å². The van der Waals surface area contributed by atoms with Gasteiger partial charge in [0.15, 0.2) is 0 Å². The quantitative estimate of drug-likeness (QED) is 0.748. The fraction of sp³-hybridized carbons (Fsp3) is 0.440. The molecule has 0 atom stereocenters. The lowest BCUT2D eigenvalue weighted by molar-refractivity contribution is -0.133. The van der Waals surface area contributed by atoms with E-state index >= 15 is 0 Å². The maximum absolute atomic E-state index is 13.3. The lowest BCUT2D eigenvalue weighted by atomic mass is 9.87. The van der Waals surface area contributed by atoms with Crippen LogP contribution in [-0.4, -0.2) is 47.5 Å². The SMILES string of the molecule is COc1cc(C)cc(CN2C(=O)NC3(CCN(Cc4cc(C)cc(C)c4)CC3)C2=O)c1. The van der Waals surface area contributed by atoms with Gasteiger partial charge < -0.3 is 10.1 Å². The Morgan fingerprint density at radius 1 is 0.871 bits per heavy atom. The maximum atomic E-state index is 13.3. The van der Waals surface area contributed by atoms with Gasteiger partial charge >= 0.3 is 6.03 Å². The average Bonchev–Trinajstić information content (AvgIpc) is 2.93. The summed E-state index contributed by atoms with van der Waals surface area (Å²) in [6.07, 6.45) is 1.27. The Morgan fingerprint density at radius 2 is 1.45 bits per heavy atom. The van der Waals surface area contributed by atoms with Crippen molar-refractivity contribution in [1.29, 1.82) is 0 Å². The molecule has 1 N–H and O–H groups in total. The number of likely N-dealkylation sites (tertiary alicyclic amines) is 1. The molecule has 2 heterocycles. The molecule has 2 saturated heterocycles. The number of carbonyl (C=O) groups excluding carboxylic acids is 2. The largest absolute Gasteiger partial charge is 0.497 e. The first kappa shape index (κ1) is 21.4. The molecule has 0 aliphatic carbocycles. The molecule has 6 heteroatoms. The van der Waals surface area contributed by atoms with Gasteiger partial charge in [-0.1, -0.05) is 35.4 Å². The van der Waals surface area contributed by atoms with E-state index in [1.165, 1.54) is 21.6 Å². The van der Waals surface area contributed by atoms with Crippen molar-refractivity contribution in [2.24, 2.45) is 0 Å². The number of piperidine rings is 1. The Morgan fingerprint density at radius 3 is 2.06 bits per heavy atom. The molecule has 6 nitrogen and oxygen atoms in total. The second-order valence-corrected chi connectivity index (χ2v) is 9.03. The summed E-state index contributed by atoms with van der Waals surface area (Å²) < 4.78 is 5.33. The van der Waals surface area contributed by atoms with Crippen LogP contribution in [0.4, 0.5) is 4.79 Å². The van der Waals surface area contributed by atoms with E-state index in [2.05, 4.69) is 42.3 Å². The van der Waals surface area contributed by atoms with Crippen molar-refractivity contribution in [2.75, 3.05) is 20.2 Å². The van der Waals surface area contributed by atoms with Crippen LogP contribution in [0.2, 0.25) is 0 Å². The van der Waals surface area contributed by atoms with Crippen LogP contribution >= 0.6 is 0 Å². The van der Waals surface area contributed by atoms with Gasteiger partial charge in [0.05, 0.1) is 13.7 Å². The third-order valence-electron chi connectivity index (χ3n) is 6.33. The lowest BCUT2D eigenvalue weighted by Gasteiger charge is -2.37. The fourth-order valence-corrected chi connectivity index (χ4v) is 4.89. The highest BCUT2D eigenvalue weighted by Crippen LogP contribution is 2.31. The summed E-state index contributed by atoms with van der Waals surface area (Å²) >= 11 is 0. The topological polar surface area (TPSA) is 61.9 Å². The van der Waals surface area contributed by atoms with Crippen molar-refractivity contribution in [3.63, 3.8) is 0 Å². The highest BCUT2D eigenvalue weighted by atomic mass is 16.5. The van der Waals surface area contributed by atoms with Crippen LogP contribution in [0.25, 0.3) is 0 Å². The molecular weight excluding hydrogens is 390 g/mol. The lowest BCUT2D eigenvalue weighted by Crippen LogP contribution is -2.54. The molecule has 2 aromatic rings. The minimum absolute atomic E-state index is 0.107. The Hall–Kier alpha value is -2.86. The van der Waals surface area contributed by atoms with E-state index in [0.717, 1.165) is 36.5 Å². The summed E-state index contributed by atoms with van der Waals surface area (Å²) in [5, 5.41) is 3.01. The summed E-state index contributed by atoms with van der Waals surface area (Å²) in [6, 6.07) is 12.1. The molecule has 31 heavy (non-hydrogen) atoms. The molecule has 3 amide bonds. The molecule has 1 spiro atoms. The molecule has 2 fully saturated rings. The highest BCUT2D eigenvalue weighted by Gasteiger charge is 2.52. The van der Waals surface area contributed by atoms with Gasteiger partial charge in [-0.3, -0.25) is 14.6 Å². The summed E-state index contributed by atoms with van der Waals surface area (Å²) in [5.74, 6) is 0.625. The number of aryl methyl sites for hydroxylation is 3. The van der Waals surface area contributed by atoms with E-state index in [-0.39, 0.29) is 18.5 Å². The second kappa shape index (κ2) is 8.35. The second-order valence-electron chi connectivity index (χ2n) is 9.03. The molecule has 2 aromatic carbocycles. The predicted molar refractivity (Wildman–Crippen MR) is 120 cm³/mol. The number of rotatable bonds is 5. The maximum Gasteiger partial charge on any atom is 0.325 e. The zero-order chi connectivity index (χ0) is 22.2. The van der Waals surface area contributed by atoms with E-state index in [0.29, 0.717) is 12.8 Å². The Labute approximate surface area is 184 Å². The number of amides is 3. The molecule has 0 saturated carbocycles. The third-order valence-corrected chi connectivity index (χ3v) is 6.33. The fourth-order valence-electron chi connectivity index (χ4n) is 4.89. The summed E-state index contributed by atoms with van der Waals surface area (Å²) in [7, 11) is 1.62. The number of imide groups is 1. The van der Waals surface area contributed by atoms with Crippen molar-refractivity contribution in [1.82, 2.24) is 15.1 Å². The predicted octanol–water partition coefficient (Wildman–Crippen LogP) is 3.71. The number of ether oxygens (including phenoxy) is 1. The number of benzene rings is 2. The van der Waals surface area contributed by atoms with Crippen molar-refractivity contribution in [2.45, 2.75) is 52.2 Å². The number of hydrogen-bond donors (Lipinski definition) is 1. The van der Waals surface area contributed by atoms with Gasteiger partial charge in [-0.05, 0) is 62.4 Å². The van der Waals surface area contributed by atoms with Crippen LogP contribution in [0.15, 0.2) is 36.4 Å². The van der Waals surface area contributed by atoms with E-state index in [1.807, 2.05) is 25.1 Å². The van der Waals surface area contributed by atoms with Gasteiger partial charge in [0.25, 0.3) is 5.91 Å². The summed E-state index contributed by atoms with van der Waals surface area (Å²) in [6.45, 7) is 8.91. The van der Waals surface area contributed by atoms with Crippen LogP contribution in [-0.2, 0) is 17.9 Å². The van der Waals surface area contributed by atoms with E-state index in [9.17, 15) is 9.59 Å². The molecule has 164 valence electrons. The first-order chi connectivity index (χ1) is 14.8. The van der Waals surface area contributed by atoms with E-state index in [1.54, 1.807) is 7.11 Å². The van der Waals surface area contributed by atoms with Gasteiger partial charge in [0, 0.05) is 19.6 Å². The number of nitrogens with one attached hydrogen (secondary N) is 1. The molecular formula is C25H31N3O3. The van der Waals surface area contributed by atoms with Crippen LogP contribution in [0.3, 0.4) is 0 Å². The van der Waals surface area contributed by atoms with Crippen molar-refractivity contribution < 1.29 is 14.3 Å². The molecule has 2 aliphatic heterocycles. The van der Waals surface area contributed by atoms with Crippen LogP contribution in [0, 0.1) is 20.8 Å². The number of hydrogen-bond acceptors (Lipinski definition) is 4. The normalized spacial score (nSPS) is 18.5. The molecule has 0 radical (unpaired) electrons. The highest BCUT2D eigenvalue weighted by molar-refractivity contribution is 6.07. The van der Waals surface area contributed by atoms with Crippen molar-refractivity contribution >= 4 is 11.9 Å². The molecule has 0 bridgehead atoms. The van der Waals surface area contributed by atoms with Crippen LogP contribution < -0.4 is 10.1 Å². The van der Waals surface area contributed by atoms with Crippen molar-refractivity contribution in [3.8, 4) is 5.75 Å². The molecule has 2 aliphatic rings. The minimum atomic E-state index is -0.774. The molecule has 0 aromatic heterocycles. The summed E-state index contributed by atoms with van der Waals surface area (Å²) in [5.41, 5.74) is 4.99. The van der Waals surface area contributed by atoms with Gasteiger partial charge in [-0.15, -0.1) is 0 Å². The van der Waals surface area contributed by atoms with Crippen molar-refractivity contribution in [3.05, 3.63) is 64.2 Å². The monoisotopic (exact) mass is 421 g/mol. The zero-order valence-corrected chi connectivity index (χ0v) is 18.8. The van der Waals surface area contributed by atoms with Crippen LogP contribution in [0.1, 0.15) is 40.7 Å². The number of carbonyl (C=O) groups is 2. The van der Waals surface area contributed by atoms with Gasteiger partial charge in [0.2, 0.25) is 0 Å².